The third-order valence-corrected chi connectivity index (χ3v) is 10.4. The van der Waals surface area contributed by atoms with E-state index in [1.165, 1.54) is 4.31 Å². The maximum Gasteiger partial charge on any atom is 0.235 e. The van der Waals surface area contributed by atoms with E-state index in [2.05, 4.69) is 5.32 Å². The molecule has 0 radical (unpaired) electrons. The van der Waals surface area contributed by atoms with Crippen LogP contribution in [0.25, 0.3) is 0 Å². The van der Waals surface area contributed by atoms with Crippen molar-refractivity contribution < 1.29 is 27.4 Å². The van der Waals surface area contributed by atoms with Gasteiger partial charge in [0.15, 0.2) is 0 Å². The minimum Gasteiger partial charge on any atom is -0.381 e. The summed E-state index contributed by atoms with van der Waals surface area (Å²) in [6.45, 7) is -0.143. The van der Waals surface area contributed by atoms with E-state index in [9.17, 15) is 13.2 Å². The Morgan fingerprint density at radius 2 is 1.61 bits per heavy atom. The van der Waals surface area contributed by atoms with Crippen molar-refractivity contribution in [3.8, 4) is 0 Å². The molecule has 3 rings (SSSR count). The van der Waals surface area contributed by atoms with Crippen LogP contribution in [0.1, 0.15) is 70.6 Å². The van der Waals surface area contributed by atoms with Crippen molar-refractivity contribution in [3.05, 3.63) is 0 Å². The number of carbonyl (C=O) groups is 1. The summed E-state index contributed by atoms with van der Waals surface area (Å²) in [5, 5.41) is 2.54. The number of ether oxygens (including phenoxy) is 3. The molecule has 0 aromatic carbocycles. The van der Waals surface area contributed by atoms with Gasteiger partial charge in [0.1, 0.15) is 0 Å². The van der Waals surface area contributed by atoms with Gasteiger partial charge in [-0.1, -0.05) is 0 Å². The molecule has 3 aliphatic carbocycles. The van der Waals surface area contributed by atoms with Crippen LogP contribution in [0.3, 0.4) is 0 Å². The van der Waals surface area contributed by atoms with Crippen molar-refractivity contribution in [1.82, 2.24) is 9.62 Å². The molecule has 0 aliphatic heterocycles. The lowest BCUT2D eigenvalue weighted by Gasteiger charge is -2.40. The van der Waals surface area contributed by atoms with Gasteiger partial charge in [-0.25, -0.2) is 8.42 Å². The van der Waals surface area contributed by atoms with Crippen LogP contribution in [-0.4, -0.2) is 87.5 Å². The zero-order valence-corrected chi connectivity index (χ0v) is 21.8. The van der Waals surface area contributed by atoms with E-state index in [4.69, 9.17) is 25.8 Å². The number of methoxy groups -OCH3 is 3. The van der Waals surface area contributed by atoms with Gasteiger partial charge in [-0.2, -0.15) is 4.31 Å². The summed E-state index contributed by atoms with van der Waals surface area (Å²) in [6.07, 6.45) is 7.80. The highest BCUT2D eigenvalue weighted by Gasteiger charge is 2.43. The van der Waals surface area contributed by atoms with Gasteiger partial charge < -0.3 is 19.5 Å². The van der Waals surface area contributed by atoms with Crippen LogP contribution in [0.5, 0.6) is 0 Å². The molecule has 0 spiro atoms. The van der Waals surface area contributed by atoms with Crippen molar-refractivity contribution in [1.29, 1.82) is 0 Å². The summed E-state index contributed by atoms with van der Waals surface area (Å²) >= 11 is 6.28. The van der Waals surface area contributed by atoms with Crippen molar-refractivity contribution in [2.75, 3.05) is 27.9 Å². The molecule has 3 saturated carbocycles. The summed E-state index contributed by atoms with van der Waals surface area (Å²) in [5.41, 5.74) is 0. The summed E-state index contributed by atoms with van der Waals surface area (Å²) in [4.78, 5) is 13.0. The monoisotopic (exact) mass is 508 g/mol. The fourth-order valence-electron chi connectivity index (χ4n) is 5.72. The van der Waals surface area contributed by atoms with E-state index in [-0.39, 0.29) is 48.2 Å². The lowest BCUT2D eigenvalue weighted by Crippen LogP contribution is -2.54. The molecule has 0 saturated heterocycles. The Kier molecular flexibility index (Phi) is 10.3. The van der Waals surface area contributed by atoms with E-state index in [1.807, 2.05) is 0 Å². The largest absolute Gasteiger partial charge is 0.381 e. The molecule has 5 unspecified atom stereocenters. The molecule has 3 fully saturated rings. The van der Waals surface area contributed by atoms with Crippen LogP contribution in [-0.2, 0) is 29.0 Å². The fourth-order valence-corrected chi connectivity index (χ4v) is 8.26. The van der Waals surface area contributed by atoms with Gasteiger partial charge in [-0.15, -0.1) is 11.6 Å². The highest BCUT2D eigenvalue weighted by atomic mass is 35.5. The number of alkyl halides is 1. The Labute approximate surface area is 204 Å². The second kappa shape index (κ2) is 12.5. The normalized spacial score (nSPS) is 36.0. The van der Waals surface area contributed by atoms with E-state index in [0.717, 1.165) is 38.5 Å². The summed E-state index contributed by atoms with van der Waals surface area (Å²) in [5.74, 6) is -0.239. The van der Waals surface area contributed by atoms with Crippen LogP contribution >= 0.6 is 11.6 Å². The molecule has 192 valence electrons. The molecule has 0 heterocycles. The standard InChI is InChI=1S/C23H41ClN2O6S/c1-30-19-9-7-18(8-10-19)26(15-23(27)25-17-6-4-5-16(24)13-17)33(28,29)20-11-12-21(31-2)22(14-20)32-3/h16-22H,4-15H2,1-3H3,(H,25,27). The van der Waals surface area contributed by atoms with Gasteiger partial charge in [-0.3, -0.25) is 4.79 Å². The maximum atomic E-state index is 13.9. The van der Waals surface area contributed by atoms with Crippen molar-refractivity contribution >= 4 is 27.5 Å². The number of amides is 1. The Balaban J connectivity index is 1.73. The van der Waals surface area contributed by atoms with Crippen LogP contribution in [0.4, 0.5) is 0 Å². The van der Waals surface area contributed by atoms with Gasteiger partial charge in [0.25, 0.3) is 0 Å². The molecule has 8 nitrogen and oxygen atoms in total. The zero-order chi connectivity index (χ0) is 24.0. The third kappa shape index (κ3) is 7.04. The average molecular weight is 509 g/mol. The van der Waals surface area contributed by atoms with Crippen molar-refractivity contribution in [2.45, 2.75) is 112 Å². The number of hydrogen-bond acceptors (Lipinski definition) is 6. The molecule has 10 heteroatoms. The summed E-state index contributed by atoms with van der Waals surface area (Å²) in [6, 6.07) is -0.182. The van der Waals surface area contributed by atoms with Gasteiger partial charge in [0, 0.05) is 38.8 Å². The first-order valence-corrected chi connectivity index (χ1v) is 14.2. The Bertz CT molecular complexity index is 730. The summed E-state index contributed by atoms with van der Waals surface area (Å²) in [7, 11) is 1.22. The van der Waals surface area contributed by atoms with E-state index in [1.54, 1.807) is 21.3 Å². The maximum absolute atomic E-state index is 13.9. The lowest BCUT2D eigenvalue weighted by atomic mass is 9.93. The van der Waals surface area contributed by atoms with Gasteiger partial charge in [-0.05, 0) is 70.6 Å². The van der Waals surface area contributed by atoms with Crippen LogP contribution in [0.15, 0.2) is 0 Å². The first kappa shape index (κ1) is 27.1. The highest BCUT2D eigenvalue weighted by molar-refractivity contribution is 7.89. The van der Waals surface area contributed by atoms with E-state index in [0.29, 0.717) is 32.1 Å². The van der Waals surface area contributed by atoms with E-state index >= 15 is 0 Å². The van der Waals surface area contributed by atoms with Crippen LogP contribution in [0.2, 0.25) is 0 Å². The SMILES string of the molecule is COC1CCC(N(CC(=O)NC2CCCC(Cl)C2)S(=O)(=O)C2CCC(OC)C(OC)C2)CC1. The van der Waals surface area contributed by atoms with Gasteiger partial charge in [0.05, 0.1) is 30.1 Å². The molecule has 33 heavy (non-hydrogen) atoms. The number of rotatable bonds is 9. The molecule has 3 aliphatic rings. The van der Waals surface area contributed by atoms with Crippen LogP contribution in [0, 0.1) is 0 Å². The average Bonchev–Trinajstić information content (AvgIpc) is 2.82. The van der Waals surface area contributed by atoms with Crippen molar-refractivity contribution in [2.24, 2.45) is 0 Å². The van der Waals surface area contributed by atoms with Crippen molar-refractivity contribution in [3.63, 3.8) is 0 Å². The first-order valence-electron chi connectivity index (χ1n) is 12.3. The second-order valence-electron chi connectivity index (χ2n) is 9.77. The van der Waals surface area contributed by atoms with E-state index < -0.39 is 15.3 Å². The predicted molar refractivity (Wildman–Crippen MR) is 128 cm³/mol. The molecule has 5 atom stereocenters. The number of sulfonamides is 1. The predicted octanol–water partition coefficient (Wildman–Crippen LogP) is 2.82. The minimum absolute atomic E-state index is 0.0116. The fraction of sp³-hybridized carbons (Fsp3) is 0.957. The number of nitrogens with zero attached hydrogens (tertiary/aromatic N) is 1. The Hall–Kier alpha value is -0.450. The number of carbonyl (C=O) groups excluding carboxylic acids is 1. The van der Waals surface area contributed by atoms with Gasteiger partial charge >= 0.3 is 0 Å². The molecule has 1 N–H and O–H groups in total. The Morgan fingerprint density at radius 1 is 0.909 bits per heavy atom. The zero-order valence-electron chi connectivity index (χ0n) is 20.2. The van der Waals surface area contributed by atoms with Gasteiger partial charge in [0.2, 0.25) is 15.9 Å². The first-order chi connectivity index (χ1) is 15.8. The third-order valence-electron chi connectivity index (χ3n) is 7.70. The number of nitrogens with one attached hydrogen (secondary N) is 1. The highest BCUT2D eigenvalue weighted by Crippen LogP contribution is 2.34. The Morgan fingerprint density at radius 3 is 2.21 bits per heavy atom. The molecular formula is C23H41ClN2O6S. The second-order valence-corrected chi connectivity index (χ2v) is 12.6. The molecular weight excluding hydrogens is 468 g/mol. The molecule has 0 bridgehead atoms. The number of hydrogen-bond donors (Lipinski definition) is 1. The molecule has 0 aromatic rings. The van der Waals surface area contributed by atoms with Crippen LogP contribution < -0.4 is 5.32 Å². The quantitative estimate of drug-likeness (QED) is 0.481. The summed E-state index contributed by atoms with van der Waals surface area (Å²) < 4.78 is 45.7. The molecule has 1 amide bonds. The lowest BCUT2D eigenvalue weighted by molar-refractivity contribution is -0.122. The number of halogens is 1. The topological polar surface area (TPSA) is 94.2 Å². The minimum atomic E-state index is -3.70. The smallest absolute Gasteiger partial charge is 0.235 e. The molecule has 0 aromatic heterocycles.